The molecule has 3 aromatic carbocycles. The van der Waals surface area contributed by atoms with Crippen LogP contribution in [0.3, 0.4) is 0 Å². The first-order valence-electron chi connectivity index (χ1n) is 8.79. The van der Waals surface area contributed by atoms with Gasteiger partial charge in [-0.2, -0.15) is 0 Å². The van der Waals surface area contributed by atoms with Crippen LogP contribution in [0.4, 0.5) is 0 Å². The summed E-state index contributed by atoms with van der Waals surface area (Å²) in [5, 5.41) is 0. The molecule has 0 spiro atoms. The Hall–Kier alpha value is -2.34. The second kappa shape index (κ2) is 7.05. The Kier molecular flexibility index (Phi) is 4.85. The molecule has 0 aliphatic rings. The van der Waals surface area contributed by atoms with Gasteiger partial charge in [-0.05, 0) is 47.2 Å². The predicted molar refractivity (Wildman–Crippen MR) is 104 cm³/mol. The first-order chi connectivity index (χ1) is 11.6. The van der Waals surface area contributed by atoms with Crippen LogP contribution >= 0.6 is 0 Å². The van der Waals surface area contributed by atoms with Crippen LogP contribution < -0.4 is 0 Å². The molecule has 0 radical (unpaired) electrons. The standard InChI is InChI=1S/C24H26/c1-17-11-10-12-18(2)24(17)20(4)23-16-9-8-15-22(23)19(3)21-13-6-5-7-14-21/h5-16,19-20H,1-4H3. The van der Waals surface area contributed by atoms with Crippen molar-refractivity contribution in [2.45, 2.75) is 39.5 Å². The third-order valence-corrected chi connectivity index (χ3v) is 5.20. The average molecular weight is 314 g/mol. The topological polar surface area (TPSA) is 0 Å². The number of benzene rings is 3. The molecule has 2 unspecified atom stereocenters. The molecular weight excluding hydrogens is 288 g/mol. The van der Waals surface area contributed by atoms with Crippen molar-refractivity contribution >= 4 is 0 Å². The van der Waals surface area contributed by atoms with Crippen molar-refractivity contribution in [3.63, 3.8) is 0 Å². The molecule has 0 fully saturated rings. The lowest BCUT2D eigenvalue weighted by molar-refractivity contribution is 0.833. The van der Waals surface area contributed by atoms with Crippen molar-refractivity contribution in [1.29, 1.82) is 0 Å². The Morgan fingerprint density at radius 3 is 1.62 bits per heavy atom. The van der Waals surface area contributed by atoms with Crippen LogP contribution in [-0.2, 0) is 0 Å². The highest BCUT2D eigenvalue weighted by molar-refractivity contribution is 5.47. The quantitative estimate of drug-likeness (QED) is 0.508. The Morgan fingerprint density at radius 2 is 1.04 bits per heavy atom. The fourth-order valence-electron chi connectivity index (χ4n) is 3.89. The highest BCUT2D eigenvalue weighted by Gasteiger charge is 2.19. The van der Waals surface area contributed by atoms with Crippen molar-refractivity contribution in [3.8, 4) is 0 Å². The van der Waals surface area contributed by atoms with Gasteiger partial charge >= 0.3 is 0 Å². The summed E-state index contributed by atoms with van der Waals surface area (Å²) in [5.41, 5.74) is 8.46. The molecule has 3 rings (SSSR count). The van der Waals surface area contributed by atoms with Crippen LogP contribution in [0.1, 0.15) is 59.1 Å². The summed E-state index contributed by atoms with van der Waals surface area (Å²) in [4.78, 5) is 0. The lowest BCUT2D eigenvalue weighted by atomic mass is 9.80. The Balaban J connectivity index is 2.07. The van der Waals surface area contributed by atoms with Gasteiger partial charge in [-0.25, -0.2) is 0 Å². The molecule has 0 heteroatoms. The fourth-order valence-corrected chi connectivity index (χ4v) is 3.89. The van der Waals surface area contributed by atoms with Crippen molar-refractivity contribution < 1.29 is 0 Å². The smallest absolute Gasteiger partial charge is 0.00692 e. The number of rotatable bonds is 4. The summed E-state index contributed by atoms with van der Waals surface area (Å²) < 4.78 is 0. The van der Waals surface area contributed by atoms with Gasteiger partial charge in [-0.3, -0.25) is 0 Å². The molecule has 0 aromatic heterocycles. The summed E-state index contributed by atoms with van der Waals surface area (Å²) in [6.07, 6.45) is 0. The van der Waals surface area contributed by atoms with Gasteiger partial charge in [0.05, 0.1) is 0 Å². The molecule has 0 amide bonds. The van der Waals surface area contributed by atoms with Crippen LogP contribution in [-0.4, -0.2) is 0 Å². The normalized spacial score (nSPS) is 13.5. The SMILES string of the molecule is Cc1cccc(C)c1C(C)c1ccccc1C(C)c1ccccc1. The van der Waals surface area contributed by atoms with Crippen molar-refractivity contribution in [3.05, 3.63) is 106 Å². The minimum absolute atomic E-state index is 0.397. The van der Waals surface area contributed by atoms with E-state index in [2.05, 4.69) is 100 Å². The minimum Gasteiger partial charge on any atom is -0.0622 e. The molecule has 0 N–H and O–H groups in total. The van der Waals surface area contributed by atoms with E-state index in [-0.39, 0.29) is 0 Å². The lowest BCUT2D eigenvalue weighted by Crippen LogP contribution is -2.07. The molecule has 0 aliphatic carbocycles. The molecule has 0 saturated carbocycles. The van der Waals surface area contributed by atoms with Crippen molar-refractivity contribution in [2.75, 3.05) is 0 Å². The van der Waals surface area contributed by atoms with E-state index in [1.165, 1.54) is 33.4 Å². The maximum Gasteiger partial charge on any atom is 0.00692 e. The van der Waals surface area contributed by atoms with E-state index in [4.69, 9.17) is 0 Å². The Morgan fingerprint density at radius 1 is 0.542 bits per heavy atom. The van der Waals surface area contributed by atoms with E-state index in [0.717, 1.165) is 0 Å². The summed E-state index contributed by atoms with van der Waals surface area (Å²) >= 11 is 0. The summed E-state index contributed by atoms with van der Waals surface area (Å²) in [6, 6.07) is 26.3. The van der Waals surface area contributed by atoms with E-state index in [1.807, 2.05) is 0 Å². The van der Waals surface area contributed by atoms with Gasteiger partial charge in [-0.15, -0.1) is 0 Å². The Labute approximate surface area is 146 Å². The third kappa shape index (κ3) is 3.14. The van der Waals surface area contributed by atoms with Crippen molar-refractivity contribution in [2.24, 2.45) is 0 Å². The molecule has 0 saturated heterocycles. The monoisotopic (exact) mass is 314 g/mol. The molecule has 0 heterocycles. The average Bonchev–Trinajstić information content (AvgIpc) is 2.61. The van der Waals surface area contributed by atoms with Gasteiger partial charge in [0.1, 0.15) is 0 Å². The molecular formula is C24H26. The van der Waals surface area contributed by atoms with E-state index < -0.39 is 0 Å². The second-order valence-corrected chi connectivity index (χ2v) is 6.79. The van der Waals surface area contributed by atoms with E-state index in [1.54, 1.807) is 0 Å². The first-order valence-corrected chi connectivity index (χ1v) is 8.79. The minimum atomic E-state index is 0.397. The van der Waals surface area contributed by atoms with Gasteiger partial charge in [0.2, 0.25) is 0 Å². The first kappa shape index (κ1) is 16.5. The maximum absolute atomic E-state index is 2.34. The van der Waals surface area contributed by atoms with Gasteiger partial charge in [0, 0.05) is 11.8 Å². The maximum atomic E-state index is 2.34. The molecule has 24 heavy (non-hydrogen) atoms. The molecule has 0 aliphatic heterocycles. The van der Waals surface area contributed by atoms with Crippen LogP contribution in [0, 0.1) is 13.8 Å². The molecule has 0 nitrogen and oxygen atoms in total. The highest BCUT2D eigenvalue weighted by atomic mass is 14.2. The van der Waals surface area contributed by atoms with Crippen LogP contribution in [0.2, 0.25) is 0 Å². The van der Waals surface area contributed by atoms with Gasteiger partial charge in [0.25, 0.3) is 0 Å². The van der Waals surface area contributed by atoms with Gasteiger partial charge < -0.3 is 0 Å². The molecule has 2 atom stereocenters. The fraction of sp³-hybridized carbons (Fsp3) is 0.250. The predicted octanol–water partition coefficient (Wildman–Crippen LogP) is 6.61. The number of hydrogen-bond acceptors (Lipinski definition) is 0. The van der Waals surface area contributed by atoms with E-state index >= 15 is 0 Å². The second-order valence-electron chi connectivity index (χ2n) is 6.79. The van der Waals surface area contributed by atoms with Crippen LogP contribution in [0.5, 0.6) is 0 Å². The largest absolute Gasteiger partial charge is 0.0622 e. The van der Waals surface area contributed by atoms with E-state index in [0.29, 0.717) is 11.8 Å². The number of aryl methyl sites for hydroxylation is 2. The van der Waals surface area contributed by atoms with Crippen LogP contribution in [0.15, 0.2) is 72.8 Å². The van der Waals surface area contributed by atoms with Gasteiger partial charge in [-0.1, -0.05) is 86.6 Å². The van der Waals surface area contributed by atoms with E-state index in [9.17, 15) is 0 Å². The van der Waals surface area contributed by atoms with Crippen molar-refractivity contribution in [1.82, 2.24) is 0 Å². The Bertz CT molecular complexity index is 794. The number of hydrogen-bond donors (Lipinski definition) is 0. The molecule has 3 aromatic rings. The lowest BCUT2D eigenvalue weighted by Gasteiger charge is -2.24. The summed E-state index contributed by atoms with van der Waals surface area (Å²) in [7, 11) is 0. The summed E-state index contributed by atoms with van der Waals surface area (Å²) in [5.74, 6) is 0.794. The highest BCUT2D eigenvalue weighted by Crippen LogP contribution is 2.36. The molecule has 0 bridgehead atoms. The summed E-state index contributed by atoms with van der Waals surface area (Å²) in [6.45, 7) is 9.10. The third-order valence-electron chi connectivity index (χ3n) is 5.20. The zero-order valence-corrected chi connectivity index (χ0v) is 15.1. The zero-order chi connectivity index (χ0) is 17.1. The molecule has 122 valence electrons. The zero-order valence-electron chi connectivity index (χ0n) is 15.1. The van der Waals surface area contributed by atoms with Gasteiger partial charge in [0.15, 0.2) is 0 Å². The van der Waals surface area contributed by atoms with Crippen LogP contribution in [0.25, 0.3) is 0 Å².